The second-order valence-corrected chi connectivity index (χ2v) is 5.64. The molecule has 20 heavy (non-hydrogen) atoms. The molecular weight excluding hydrogens is 317 g/mol. The van der Waals surface area contributed by atoms with Crippen molar-refractivity contribution in [2.45, 2.75) is 5.03 Å². The number of nitrogen functional groups attached to an aromatic ring is 1. The molecule has 0 aliphatic rings. The highest BCUT2D eigenvalue weighted by molar-refractivity contribution is 8.00. The van der Waals surface area contributed by atoms with Crippen LogP contribution in [0.3, 0.4) is 0 Å². The van der Waals surface area contributed by atoms with Crippen LogP contribution in [0.25, 0.3) is 0 Å². The summed E-state index contributed by atoms with van der Waals surface area (Å²) >= 11 is 13.0. The SMILES string of the molecule is Nc1cc(NC(=O)CSc2ncccc2Cl)ccc1Cl. The summed E-state index contributed by atoms with van der Waals surface area (Å²) in [6.45, 7) is 0. The fraction of sp³-hybridized carbons (Fsp3) is 0.0769. The van der Waals surface area contributed by atoms with E-state index in [4.69, 9.17) is 28.9 Å². The Morgan fingerprint density at radius 1 is 1.30 bits per heavy atom. The second kappa shape index (κ2) is 6.83. The Labute approximate surface area is 130 Å². The normalized spacial score (nSPS) is 10.3. The number of hydrogen-bond donors (Lipinski definition) is 2. The molecule has 0 saturated carbocycles. The predicted octanol–water partition coefficient (Wildman–Crippen LogP) is 3.70. The Balaban J connectivity index is 1.93. The van der Waals surface area contributed by atoms with Gasteiger partial charge in [0.2, 0.25) is 5.91 Å². The number of hydrogen-bond acceptors (Lipinski definition) is 4. The highest BCUT2D eigenvalue weighted by atomic mass is 35.5. The van der Waals surface area contributed by atoms with E-state index in [0.29, 0.717) is 26.4 Å². The number of nitrogens with one attached hydrogen (secondary N) is 1. The van der Waals surface area contributed by atoms with E-state index in [2.05, 4.69) is 10.3 Å². The number of benzene rings is 1. The van der Waals surface area contributed by atoms with Gasteiger partial charge in [-0.25, -0.2) is 4.98 Å². The molecule has 1 aromatic carbocycles. The van der Waals surface area contributed by atoms with Crippen LogP contribution in [-0.4, -0.2) is 16.6 Å². The van der Waals surface area contributed by atoms with Gasteiger partial charge in [0.15, 0.2) is 0 Å². The van der Waals surface area contributed by atoms with Crippen molar-refractivity contribution in [1.82, 2.24) is 4.98 Å². The predicted molar refractivity (Wildman–Crippen MR) is 84.5 cm³/mol. The van der Waals surface area contributed by atoms with Crippen molar-refractivity contribution in [3.05, 3.63) is 46.6 Å². The summed E-state index contributed by atoms with van der Waals surface area (Å²) in [6.07, 6.45) is 1.63. The van der Waals surface area contributed by atoms with Crippen molar-refractivity contribution in [3.63, 3.8) is 0 Å². The Bertz CT molecular complexity index is 637. The highest BCUT2D eigenvalue weighted by Crippen LogP contribution is 2.25. The summed E-state index contributed by atoms with van der Waals surface area (Å²) in [5, 5.41) is 4.34. The molecule has 1 aromatic heterocycles. The number of pyridine rings is 1. The molecule has 0 aliphatic heterocycles. The van der Waals surface area contributed by atoms with E-state index >= 15 is 0 Å². The molecule has 0 atom stereocenters. The number of carbonyl (C=O) groups excluding carboxylic acids is 1. The van der Waals surface area contributed by atoms with E-state index in [0.717, 1.165) is 0 Å². The first-order valence-electron chi connectivity index (χ1n) is 5.64. The van der Waals surface area contributed by atoms with Crippen LogP contribution < -0.4 is 11.1 Å². The third-order valence-corrected chi connectivity index (χ3v) is 4.11. The van der Waals surface area contributed by atoms with Crippen molar-refractivity contribution in [3.8, 4) is 0 Å². The molecule has 0 unspecified atom stereocenters. The van der Waals surface area contributed by atoms with Gasteiger partial charge in [-0.05, 0) is 30.3 Å². The molecule has 0 bridgehead atoms. The maximum atomic E-state index is 11.8. The average molecular weight is 328 g/mol. The minimum atomic E-state index is -0.168. The van der Waals surface area contributed by atoms with Crippen molar-refractivity contribution in [2.75, 3.05) is 16.8 Å². The molecule has 1 heterocycles. The highest BCUT2D eigenvalue weighted by Gasteiger charge is 2.07. The lowest BCUT2D eigenvalue weighted by Gasteiger charge is -2.07. The van der Waals surface area contributed by atoms with E-state index in [1.165, 1.54) is 11.8 Å². The Hall–Kier alpha value is -1.43. The standard InChI is InChI=1S/C13H11Cl2N3OS/c14-9-4-3-8(6-11(9)16)18-12(19)7-20-13-10(15)2-1-5-17-13/h1-6H,7,16H2,(H,18,19). The van der Waals surface area contributed by atoms with Gasteiger partial charge < -0.3 is 11.1 Å². The maximum absolute atomic E-state index is 11.8. The Kier molecular flexibility index (Phi) is 5.11. The van der Waals surface area contributed by atoms with E-state index < -0.39 is 0 Å². The van der Waals surface area contributed by atoms with Gasteiger partial charge >= 0.3 is 0 Å². The van der Waals surface area contributed by atoms with Crippen molar-refractivity contribution in [1.29, 1.82) is 0 Å². The van der Waals surface area contributed by atoms with E-state index in [1.54, 1.807) is 36.5 Å². The molecule has 3 N–H and O–H groups in total. The number of halogens is 2. The molecule has 0 fully saturated rings. The Morgan fingerprint density at radius 3 is 2.80 bits per heavy atom. The molecule has 2 rings (SSSR count). The molecule has 104 valence electrons. The van der Waals surface area contributed by atoms with Crippen LogP contribution in [0.4, 0.5) is 11.4 Å². The molecule has 2 aromatic rings. The van der Waals surface area contributed by atoms with Gasteiger partial charge in [-0.2, -0.15) is 0 Å². The first-order valence-corrected chi connectivity index (χ1v) is 7.38. The number of aromatic nitrogens is 1. The van der Waals surface area contributed by atoms with Crippen molar-refractivity contribution >= 4 is 52.2 Å². The zero-order valence-electron chi connectivity index (χ0n) is 10.3. The lowest BCUT2D eigenvalue weighted by atomic mass is 10.3. The number of nitrogens with two attached hydrogens (primary N) is 1. The summed E-state index contributed by atoms with van der Waals surface area (Å²) in [5.74, 6) is 0.0395. The number of anilines is 2. The topological polar surface area (TPSA) is 68.0 Å². The molecule has 4 nitrogen and oxygen atoms in total. The lowest BCUT2D eigenvalue weighted by Crippen LogP contribution is -2.14. The molecule has 0 aliphatic carbocycles. The third-order valence-electron chi connectivity index (χ3n) is 2.34. The molecule has 7 heteroatoms. The van der Waals surface area contributed by atoms with Gasteiger partial charge in [-0.1, -0.05) is 35.0 Å². The monoisotopic (exact) mass is 327 g/mol. The van der Waals surface area contributed by atoms with Gasteiger partial charge in [-0.3, -0.25) is 4.79 Å². The minimum absolute atomic E-state index is 0.168. The summed E-state index contributed by atoms with van der Waals surface area (Å²) in [7, 11) is 0. The number of carbonyl (C=O) groups is 1. The molecule has 1 amide bonds. The van der Waals surface area contributed by atoms with Crippen LogP contribution in [0, 0.1) is 0 Å². The van der Waals surface area contributed by atoms with Gasteiger partial charge in [-0.15, -0.1) is 0 Å². The number of rotatable bonds is 4. The first-order chi connectivity index (χ1) is 9.56. The molecule has 0 spiro atoms. The van der Waals surface area contributed by atoms with Crippen LogP contribution in [0.2, 0.25) is 10.0 Å². The van der Waals surface area contributed by atoms with Crippen LogP contribution in [0.5, 0.6) is 0 Å². The number of nitrogens with zero attached hydrogens (tertiary/aromatic N) is 1. The quantitative estimate of drug-likeness (QED) is 0.663. The number of thioether (sulfide) groups is 1. The van der Waals surface area contributed by atoms with Crippen LogP contribution in [0.1, 0.15) is 0 Å². The van der Waals surface area contributed by atoms with Crippen molar-refractivity contribution < 1.29 is 4.79 Å². The van der Waals surface area contributed by atoms with Gasteiger partial charge in [0, 0.05) is 11.9 Å². The summed E-state index contributed by atoms with van der Waals surface area (Å²) in [4.78, 5) is 15.9. The maximum Gasteiger partial charge on any atom is 0.234 e. The van der Waals surface area contributed by atoms with E-state index in [9.17, 15) is 4.79 Å². The van der Waals surface area contributed by atoms with E-state index in [-0.39, 0.29) is 11.7 Å². The van der Waals surface area contributed by atoms with Crippen LogP contribution in [0.15, 0.2) is 41.6 Å². The lowest BCUT2D eigenvalue weighted by molar-refractivity contribution is -0.113. The van der Waals surface area contributed by atoms with Gasteiger partial charge in [0.25, 0.3) is 0 Å². The van der Waals surface area contributed by atoms with Gasteiger partial charge in [0.05, 0.1) is 21.5 Å². The second-order valence-electron chi connectivity index (χ2n) is 3.86. The average Bonchev–Trinajstić information content (AvgIpc) is 2.42. The fourth-order valence-electron chi connectivity index (χ4n) is 1.43. The summed E-state index contributed by atoms with van der Waals surface area (Å²) in [5.41, 5.74) is 6.69. The number of amides is 1. The molecule has 0 saturated heterocycles. The van der Waals surface area contributed by atoms with Crippen LogP contribution >= 0.6 is 35.0 Å². The largest absolute Gasteiger partial charge is 0.397 e. The summed E-state index contributed by atoms with van der Waals surface area (Å²) < 4.78 is 0. The smallest absolute Gasteiger partial charge is 0.234 e. The summed E-state index contributed by atoms with van der Waals surface area (Å²) in [6, 6.07) is 8.40. The molecule has 0 radical (unpaired) electrons. The van der Waals surface area contributed by atoms with Gasteiger partial charge in [0.1, 0.15) is 5.03 Å². The van der Waals surface area contributed by atoms with Crippen LogP contribution in [-0.2, 0) is 4.79 Å². The Morgan fingerprint density at radius 2 is 2.10 bits per heavy atom. The zero-order valence-corrected chi connectivity index (χ0v) is 12.6. The minimum Gasteiger partial charge on any atom is -0.397 e. The van der Waals surface area contributed by atoms with Crippen molar-refractivity contribution in [2.24, 2.45) is 0 Å². The zero-order chi connectivity index (χ0) is 14.5. The van der Waals surface area contributed by atoms with E-state index in [1.807, 2.05) is 0 Å². The fourth-order valence-corrected chi connectivity index (χ4v) is 2.51. The first kappa shape index (κ1) is 15.0. The third kappa shape index (κ3) is 4.03. The molecular formula is C13H11Cl2N3OS.